The maximum atomic E-state index is 8.93. The third-order valence-electron chi connectivity index (χ3n) is 0.333. The van der Waals surface area contributed by atoms with E-state index in [2.05, 4.69) is 0 Å². The summed E-state index contributed by atoms with van der Waals surface area (Å²) < 4.78 is 0. The van der Waals surface area contributed by atoms with Crippen LogP contribution in [-0.2, 0) is 19.2 Å². The molecule has 0 rings (SSSR count). The predicted molar refractivity (Wildman–Crippen MR) is 32.0 cm³/mol. The van der Waals surface area contributed by atoms with Crippen molar-refractivity contribution in [1.82, 2.24) is 12.3 Å². The second-order valence-corrected chi connectivity index (χ2v) is 1.15. The summed E-state index contributed by atoms with van der Waals surface area (Å²) >= 11 is 0. The minimum Gasteiger partial charge on any atom is -0.543 e. The lowest BCUT2D eigenvalue weighted by Gasteiger charge is -1.97. The number of hydrogen-bond acceptors (Lipinski definition) is 8. The highest BCUT2D eigenvalue weighted by molar-refractivity contribution is 6.25. The smallest absolute Gasteiger partial charge is 0.0870 e. The summed E-state index contributed by atoms with van der Waals surface area (Å²) in [5.74, 6) is -8.74. The fraction of sp³-hybridized carbons (Fsp3) is 0. The topological polar surface area (TPSA) is 234 Å². The van der Waals surface area contributed by atoms with Crippen molar-refractivity contribution >= 4 is 23.9 Å². The van der Waals surface area contributed by atoms with E-state index in [-0.39, 0.29) is 12.3 Å². The first-order chi connectivity index (χ1) is 5.29. The molecule has 0 aliphatic rings. The zero-order chi connectivity index (χ0) is 10.3. The van der Waals surface area contributed by atoms with Crippen molar-refractivity contribution in [3.63, 3.8) is 0 Å². The number of hydrogen-bond donors (Lipinski definition) is 2. The van der Waals surface area contributed by atoms with Crippen LogP contribution < -0.4 is 32.7 Å². The molecular weight excluding hydrogens is 204 g/mol. The van der Waals surface area contributed by atoms with Gasteiger partial charge in [-0.15, -0.1) is 0 Å². The number of rotatable bonds is 0. The average molecular weight is 212 g/mol. The number of aliphatic carboxylic acids is 4. The van der Waals surface area contributed by atoms with Crippen LogP contribution in [0.25, 0.3) is 0 Å². The van der Waals surface area contributed by atoms with Crippen LogP contribution in [0.2, 0.25) is 0 Å². The van der Waals surface area contributed by atoms with Gasteiger partial charge in [0, 0.05) is 0 Å². The van der Waals surface area contributed by atoms with Crippen LogP contribution in [0, 0.1) is 0 Å². The third kappa shape index (κ3) is 22.6. The molecule has 0 spiro atoms. The Morgan fingerprint density at radius 3 is 0.571 bits per heavy atom. The van der Waals surface area contributed by atoms with E-state index < -0.39 is 23.9 Å². The Balaban J connectivity index is -0.0000000625. The van der Waals surface area contributed by atoms with Gasteiger partial charge in [-0.05, 0) is 0 Å². The van der Waals surface area contributed by atoms with Gasteiger partial charge in [0.1, 0.15) is 0 Å². The van der Waals surface area contributed by atoms with Crippen LogP contribution in [0.5, 0.6) is 0 Å². The van der Waals surface area contributed by atoms with Crippen molar-refractivity contribution in [1.29, 1.82) is 0 Å². The fourth-order valence-corrected chi connectivity index (χ4v) is 0. The van der Waals surface area contributed by atoms with Gasteiger partial charge in [0.15, 0.2) is 0 Å². The van der Waals surface area contributed by atoms with E-state index in [0.717, 1.165) is 0 Å². The van der Waals surface area contributed by atoms with Gasteiger partial charge in [-0.2, -0.15) is 0 Å². The van der Waals surface area contributed by atoms with Gasteiger partial charge in [0.25, 0.3) is 0 Å². The Labute approximate surface area is 76.9 Å². The normalized spacial score (nSPS) is 6.29. The quantitative estimate of drug-likeness (QED) is 0.365. The van der Waals surface area contributed by atoms with Gasteiger partial charge in [0.2, 0.25) is 0 Å². The molecule has 0 amide bonds. The Bertz CT molecular complexity index is 175. The van der Waals surface area contributed by atoms with E-state index in [1.165, 1.54) is 0 Å². The van der Waals surface area contributed by atoms with Crippen LogP contribution in [0.3, 0.4) is 0 Å². The highest BCUT2D eigenvalue weighted by Crippen LogP contribution is 1.41. The van der Waals surface area contributed by atoms with Gasteiger partial charge in [-0.3, -0.25) is 0 Å². The molecule has 10 nitrogen and oxygen atoms in total. The van der Waals surface area contributed by atoms with E-state index in [1.807, 2.05) is 0 Å². The van der Waals surface area contributed by atoms with Crippen molar-refractivity contribution in [2.75, 3.05) is 0 Å². The number of carbonyl (C=O) groups excluding carboxylic acids is 4. The van der Waals surface area contributed by atoms with Crippen LogP contribution in [0.1, 0.15) is 0 Å². The molecule has 8 N–H and O–H groups in total. The summed E-state index contributed by atoms with van der Waals surface area (Å²) in [6.07, 6.45) is 0. The maximum Gasteiger partial charge on any atom is 0.0870 e. The summed E-state index contributed by atoms with van der Waals surface area (Å²) in [6, 6.07) is 0. The first kappa shape index (κ1) is 22.6. The minimum atomic E-state index is -2.19. The Hall–Kier alpha value is -2.20. The molecule has 0 fully saturated rings. The highest BCUT2D eigenvalue weighted by atomic mass is 16.4. The number of carbonyl (C=O) groups is 4. The molecule has 0 aliphatic heterocycles. The lowest BCUT2D eigenvalue weighted by Crippen LogP contribution is -2.42. The second-order valence-electron chi connectivity index (χ2n) is 1.15. The molecule has 0 aliphatic carbocycles. The standard InChI is InChI=1S/2C2H2O4.2H3N/c2*3-1(4)2(5)6;;/h2*(H,3,4)(H,5,6);2*1H3/p-2. The average Bonchev–Trinajstić information content (AvgIpc) is 1.88. The molecule has 0 aromatic heterocycles. The molecule has 0 aromatic carbocycles. The Morgan fingerprint density at radius 1 is 0.500 bits per heavy atom. The number of carboxylic acids is 4. The Morgan fingerprint density at radius 2 is 0.571 bits per heavy atom. The second kappa shape index (κ2) is 10.8. The Kier molecular flexibility index (Phi) is 17.5. The summed E-state index contributed by atoms with van der Waals surface area (Å²) in [6.45, 7) is 0. The van der Waals surface area contributed by atoms with Crippen LogP contribution in [0.15, 0.2) is 0 Å². The van der Waals surface area contributed by atoms with E-state index >= 15 is 0 Å². The third-order valence-corrected chi connectivity index (χ3v) is 0.333. The number of quaternary nitrogens is 2. The maximum absolute atomic E-state index is 8.93. The fourth-order valence-electron chi connectivity index (χ4n) is 0. The van der Waals surface area contributed by atoms with Crippen molar-refractivity contribution in [3.05, 3.63) is 0 Å². The summed E-state index contributed by atoms with van der Waals surface area (Å²) in [5.41, 5.74) is 0. The van der Waals surface area contributed by atoms with Crippen molar-refractivity contribution in [2.24, 2.45) is 0 Å². The van der Waals surface area contributed by atoms with E-state index in [4.69, 9.17) is 39.6 Å². The van der Waals surface area contributed by atoms with Gasteiger partial charge < -0.3 is 51.9 Å². The van der Waals surface area contributed by atoms with Crippen LogP contribution in [-0.4, -0.2) is 23.9 Å². The molecule has 0 heterocycles. The molecule has 0 radical (unpaired) electrons. The van der Waals surface area contributed by atoms with Crippen molar-refractivity contribution in [2.45, 2.75) is 0 Å². The lowest BCUT2D eigenvalue weighted by atomic mass is 10.7. The molecule has 0 unspecified atom stereocenters. The monoisotopic (exact) mass is 212 g/mol. The molecule has 84 valence electrons. The molecule has 0 atom stereocenters. The molecule has 0 saturated heterocycles. The zero-order valence-electron chi connectivity index (χ0n) is 7.27. The summed E-state index contributed by atoms with van der Waals surface area (Å²) in [4.78, 5) is 35.7. The highest BCUT2D eigenvalue weighted by Gasteiger charge is 1.75. The van der Waals surface area contributed by atoms with Crippen molar-refractivity contribution in [3.8, 4) is 0 Å². The summed E-state index contributed by atoms with van der Waals surface area (Å²) in [5, 5.41) is 35.7. The van der Waals surface area contributed by atoms with Crippen LogP contribution >= 0.6 is 0 Å². The van der Waals surface area contributed by atoms with E-state index in [9.17, 15) is 0 Å². The van der Waals surface area contributed by atoms with Gasteiger partial charge >= 0.3 is 0 Å². The lowest BCUT2D eigenvalue weighted by molar-refractivity contribution is -0.345. The molecular formula is C4H8N2O8-2. The predicted octanol–water partition coefficient (Wildman–Crippen LogP) is -6.28. The molecule has 14 heavy (non-hydrogen) atoms. The van der Waals surface area contributed by atoms with Gasteiger partial charge in [-0.25, -0.2) is 0 Å². The minimum absolute atomic E-state index is 0. The van der Waals surface area contributed by atoms with E-state index in [0.29, 0.717) is 0 Å². The van der Waals surface area contributed by atoms with Gasteiger partial charge in [-0.1, -0.05) is 0 Å². The SMILES string of the molecule is O=C([O-])C(=O)[O-].O=C([O-])C(=O)[O-].[NH4+].[NH4+]. The summed E-state index contributed by atoms with van der Waals surface area (Å²) in [7, 11) is 0. The number of carboxylic acid groups (broad SMARTS) is 4. The zero-order valence-corrected chi connectivity index (χ0v) is 7.27. The van der Waals surface area contributed by atoms with E-state index in [1.54, 1.807) is 0 Å². The molecule has 0 saturated carbocycles. The largest absolute Gasteiger partial charge is 0.543 e. The molecule has 10 heteroatoms. The molecule has 0 aromatic rings. The first-order valence-corrected chi connectivity index (χ1v) is 2.13. The van der Waals surface area contributed by atoms with Crippen LogP contribution in [0.4, 0.5) is 0 Å². The first-order valence-electron chi connectivity index (χ1n) is 2.13. The van der Waals surface area contributed by atoms with Crippen molar-refractivity contribution < 1.29 is 39.6 Å². The van der Waals surface area contributed by atoms with Gasteiger partial charge in [0.05, 0.1) is 23.9 Å². The molecule has 0 bridgehead atoms.